The van der Waals surface area contributed by atoms with Gasteiger partial charge in [-0.2, -0.15) is 0 Å². The smallest absolute Gasteiger partial charge is 0.261 e. The van der Waals surface area contributed by atoms with Gasteiger partial charge in [0.25, 0.3) is 5.91 Å². The van der Waals surface area contributed by atoms with Gasteiger partial charge in [-0.3, -0.25) is 4.79 Å². The van der Waals surface area contributed by atoms with Crippen molar-refractivity contribution < 1.29 is 14.6 Å². The Hall–Kier alpha value is -1.07. The number of aliphatic hydroxyl groups excluding tert-OH is 1. The predicted molar refractivity (Wildman–Crippen MR) is 68.7 cm³/mol. The monoisotopic (exact) mass is 257 g/mol. The molecule has 0 aliphatic carbocycles. The summed E-state index contributed by atoms with van der Waals surface area (Å²) in [5.74, 6) is 0.891. The van der Waals surface area contributed by atoms with E-state index in [0.29, 0.717) is 23.0 Å². The quantitative estimate of drug-likeness (QED) is 0.818. The number of methoxy groups -OCH3 is 1. The van der Waals surface area contributed by atoms with Crippen LogP contribution in [0.4, 0.5) is 0 Å². The highest BCUT2D eigenvalue weighted by Gasteiger charge is 2.17. The lowest BCUT2D eigenvalue weighted by molar-refractivity contribution is 0.0920. The first-order valence-corrected chi connectivity index (χ1v) is 6.50. The molecular weight excluding hydrogens is 238 g/mol. The highest BCUT2D eigenvalue weighted by Crippen LogP contribution is 2.21. The third-order valence-electron chi connectivity index (χ3n) is 2.60. The lowest BCUT2D eigenvalue weighted by Crippen LogP contribution is -2.38. The average Bonchev–Trinajstić information content (AvgIpc) is 2.76. The maximum absolute atomic E-state index is 11.9. The minimum atomic E-state index is -0.106. The minimum absolute atomic E-state index is 0.000551. The first kappa shape index (κ1) is 14.0. The second-order valence-corrected chi connectivity index (χ2v) is 5.10. The summed E-state index contributed by atoms with van der Waals surface area (Å²) in [6, 6.07) is 1.72. The molecule has 0 radical (unpaired) electrons. The van der Waals surface area contributed by atoms with E-state index in [4.69, 9.17) is 9.84 Å². The molecule has 0 bridgehead atoms. The van der Waals surface area contributed by atoms with Gasteiger partial charge in [0.15, 0.2) is 0 Å². The van der Waals surface area contributed by atoms with Crippen molar-refractivity contribution in [2.45, 2.75) is 26.3 Å². The van der Waals surface area contributed by atoms with Crippen LogP contribution in [-0.4, -0.2) is 30.8 Å². The van der Waals surface area contributed by atoms with E-state index >= 15 is 0 Å². The third kappa shape index (κ3) is 4.02. The van der Waals surface area contributed by atoms with Crippen LogP contribution in [0.25, 0.3) is 0 Å². The summed E-state index contributed by atoms with van der Waals surface area (Å²) in [6.45, 7) is 4.13. The van der Waals surface area contributed by atoms with Crippen molar-refractivity contribution in [1.29, 1.82) is 0 Å². The van der Waals surface area contributed by atoms with E-state index in [2.05, 4.69) is 5.32 Å². The number of aliphatic hydroxyl groups is 1. The SMILES string of the molecule is COc1csc(C(=O)NC(CCO)C(C)C)c1. The van der Waals surface area contributed by atoms with E-state index in [1.54, 1.807) is 18.6 Å². The highest BCUT2D eigenvalue weighted by atomic mass is 32.1. The number of carbonyl (C=O) groups excluding carboxylic acids is 1. The molecule has 0 saturated heterocycles. The van der Waals surface area contributed by atoms with Gasteiger partial charge in [0.2, 0.25) is 0 Å². The second kappa shape index (κ2) is 6.61. The zero-order chi connectivity index (χ0) is 12.8. The number of rotatable bonds is 6. The Bertz CT molecular complexity index is 362. The van der Waals surface area contributed by atoms with E-state index in [0.717, 1.165) is 0 Å². The van der Waals surface area contributed by atoms with E-state index in [1.807, 2.05) is 13.8 Å². The molecule has 17 heavy (non-hydrogen) atoms. The van der Waals surface area contributed by atoms with Crippen LogP contribution in [0.5, 0.6) is 5.75 Å². The van der Waals surface area contributed by atoms with Crippen LogP contribution in [0.2, 0.25) is 0 Å². The van der Waals surface area contributed by atoms with Crippen molar-refractivity contribution in [2.75, 3.05) is 13.7 Å². The zero-order valence-electron chi connectivity index (χ0n) is 10.4. The van der Waals surface area contributed by atoms with Crippen LogP contribution >= 0.6 is 11.3 Å². The summed E-state index contributed by atoms with van der Waals surface area (Å²) in [6.07, 6.45) is 0.575. The molecule has 0 aliphatic heterocycles. The molecule has 0 saturated carbocycles. The Morgan fingerprint density at radius 2 is 2.29 bits per heavy atom. The molecule has 5 heteroatoms. The maximum atomic E-state index is 11.9. The lowest BCUT2D eigenvalue weighted by Gasteiger charge is -2.20. The fraction of sp³-hybridized carbons (Fsp3) is 0.583. The number of carbonyl (C=O) groups is 1. The fourth-order valence-electron chi connectivity index (χ4n) is 1.50. The summed E-state index contributed by atoms with van der Waals surface area (Å²) in [4.78, 5) is 12.6. The van der Waals surface area contributed by atoms with Gasteiger partial charge < -0.3 is 15.2 Å². The molecule has 1 aromatic heterocycles. The van der Waals surface area contributed by atoms with Crippen LogP contribution in [-0.2, 0) is 0 Å². The summed E-state index contributed by atoms with van der Waals surface area (Å²) < 4.78 is 5.04. The summed E-state index contributed by atoms with van der Waals surface area (Å²) in [5.41, 5.74) is 0. The van der Waals surface area contributed by atoms with Gasteiger partial charge >= 0.3 is 0 Å². The zero-order valence-corrected chi connectivity index (χ0v) is 11.2. The second-order valence-electron chi connectivity index (χ2n) is 4.19. The van der Waals surface area contributed by atoms with Crippen molar-refractivity contribution >= 4 is 17.2 Å². The fourth-order valence-corrected chi connectivity index (χ4v) is 2.25. The van der Waals surface area contributed by atoms with E-state index in [9.17, 15) is 4.79 Å². The van der Waals surface area contributed by atoms with Gasteiger partial charge in [-0.25, -0.2) is 0 Å². The van der Waals surface area contributed by atoms with E-state index < -0.39 is 0 Å². The molecule has 1 rings (SSSR count). The Balaban J connectivity index is 2.63. The first-order valence-electron chi connectivity index (χ1n) is 5.62. The molecule has 0 aliphatic rings. The Morgan fingerprint density at radius 1 is 1.59 bits per heavy atom. The van der Waals surface area contributed by atoms with Gasteiger partial charge in [-0.05, 0) is 12.3 Å². The van der Waals surface area contributed by atoms with Gasteiger partial charge in [-0.15, -0.1) is 11.3 Å². The van der Waals surface area contributed by atoms with Crippen molar-refractivity contribution in [3.05, 3.63) is 16.3 Å². The van der Waals surface area contributed by atoms with Crippen LogP contribution in [0.1, 0.15) is 29.9 Å². The molecular formula is C12H19NO3S. The topological polar surface area (TPSA) is 58.6 Å². The molecule has 0 spiro atoms. The highest BCUT2D eigenvalue weighted by molar-refractivity contribution is 7.12. The van der Waals surface area contributed by atoms with Crippen molar-refractivity contribution in [2.24, 2.45) is 5.92 Å². The van der Waals surface area contributed by atoms with Crippen LogP contribution < -0.4 is 10.1 Å². The number of hydrogen-bond acceptors (Lipinski definition) is 4. The van der Waals surface area contributed by atoms with Crippen molar-refractivity contribution in [3.63, 3.8) is 0 Å². The molecule has 0 fully saturated rings. The number of ether oxygens (including phenoxy) is 1. The number of thiophene rings is 1. The summed E-state index contributed by atoms with van der Waals surface area (Å²) in [7, 11) is 1.58. The lowest BCUT2D eigenvalue weighted by atomic mass is 10.0. The van der Waals surface area contributed by atoms with Crippen LogP contribution in [0.15, 0.2) is 11.4 Å². The molecule has 4 nitrogen and oxygen atoms in total. The Morgan fingerprint density at radius 3 is 2.76 bits per heavy atom. The van der Waals surface area contributed by atoms with Gasteiger partial charge in [0.1, 0.15) is 5.75 Å². The summed E-state index contributed by atoms with van der Waals surface area (Å²) >= 11 is 1.35. The molecule has 0 aromatic carbocycles. The third-order valence-corrected chi connectivity index (χ3v) is 3.50. The van der Waals surface area contributed by atoms with Crippen LogP contribution in [0, 0.1) is 5.92 Å². The Labute approximate surface area is 106 Å². The molecule has 1 heterocycles. The standard InChI is InChI=1S/C12H19NO3S/c1-8(2)10(4-5-14)13-12(15)11-6-9(16-3)7-17-11/h6-8,10,14H,4-5H2,1-3H3,(H,13,15). The molecule has 1 amide bonds. The van der Waals surface area contributed by atoms with Crippen molar-refractivity contribution in [3.8, 4) is 5.75 Å². The molecule has 1 atom stereocenters. The van der Waals surface area contributed by atoms with Gasteiger partial charge in [-0.1, -0.05) is 13.8 Å². The van der Waals surface area contributed by atoms with Gasteiger partial charge in [0.05, 0.1) is 12.0 Å². The number of hydrogen-bond donors (Lipinski definition) is 2. The van der Waals surface area contributed by atoms with E-state index in [1.165, 1.54) is 11.3 Å². The number of amides is 1. The largest absolute Gasteiger partial charge is 0.496 e. The minimum Gasteiger partial charge on any atom is -0.496 e. The first-order chi connectivity index (χ1) is 8.08. The molecule has 2 N–H and O–H groups in total. The molecule has 1 aromatic rings. The Kier molecular flexibility index (Phi) is 5.44. The average molecular weight is 257 g/mol. The molecule has 1 unspecified atom stereocenters. The maximum Gasteiger partial charge on any atom is 0.261 e. The predicted octanol–water partition coefficient (Wildman–Crippen LogP) is 1.89. The number of nitrogens with one attached hydrogen (secondary N) is 1. The van der Waals surface area contributed by atoms with E-state index in [-0.39, 0.29) is 18.6 Å². The van der Waals surface area contributed by atoms with Gasteiger partial charge in [0, 0.05) is 24.1 Å². The van der Waals surface area contributed by atoms with Crippen LogP contribution in [0.3, 0.4) is 0 Å². The summed E-state index contributed by atoms with van der Waals surface area (Å²) in [5, 5.41) is 13.7. The molecule has 96 valence electrons. The van der Waals surface area contributed by atoms with Crippen molar-refractivity contribution in [1.82, 2.24) is 5.32 Å². The normalized spacial score (nSPS) is 12.5.